The summed E-state index contributed by atoms with van der Waals surface area (Å²) in [6.07, 6.45) is 2.01. The maximum Gasteiger partial charge on any atom is 0.329 e. The van der Waals surface area contributed by atoms with Gasteiger partial charge in [-0.3, -0.25) is 0 Å². The number of fused-ring (bicyclic) bond motifs is 1. The fourth-order valence-electron chi connectivity index (χ4n) is 2.20. The van der Waals surface area contributed by atoms with Crippen LogP contribution in [0.15, 0.2) is 30.5 Å². The monoisotopic (exact) mass is 259 g/mol. The van der Waals surface area contributed by atoms with Crippen molar-refractivity contribution in [1.82, 2.24) is 4.57 Å². The van der Waals surface area contributed by atoms with Crippen molar-refractivity contribution in [1.29, 1.82) is 0 Å². The van der Waals surface area contributed by atoms with E-state index in [4.69, 9.17) is 4.74 Å². The van der Waals surface area contributed by atoms with Crippen LogP contribution in [-0.4, -0.2) is 16.1 Å². The van der Waals surface area contributed by atoms with Crippen LogP contribution < -0.4 is 0 Å². The second kappa shape index (κ2) is 4.72. The molecule has 19 heavy (non-hydrogen) atoms. The summed E-state index contributed by atoms with van der Waals surface area (Å²) in [5.41, 5.74) is 1.79. The normalized spacial score (nSPS) is 13.5. The van der Waals surface area contributed by atoms with E-state index >= 15 is 0 Å². The summed E-state index contributed by atoms with van der Waals surface area (Å²) in [6.45, 7) is 9.59. The van der Waals surface area contributed by atoms with Gasteiger partial charge in [0.05, 0.1) is 0 Å². The number of hydrogen-bond donors (Lipinski definition) is 0. The Morgan fingerprint density at radius 1 is 1.26 bits per heavy atom. The molecule has 2 aromatic rings. The summed E-state index contributed by atoms with van der Waals surface area (Å²) in [7, 11) is 0. The minimum Gasteiger partial charge on any atom is -0.458 e. The minimum atomic E-state index is -0.455. The highest BCUT2D eigenvalue weighted by atomic mass is 16.6. The SMILES string of the molecule is Cc1cn(C(C)C(=O)OC(C)(C)C)c2ccccc12. The Morgan fingerprint density at radius 2 is 1.89 bits per heavy atom. The molecule has 1 atom stereocenters. The van der Waals surface area contributed by atoms with Gasteiger partial charge in [-0.2, -0.15) is 0 Å². The van der Waals surface area contributed by atoms with Gasteiger partial charge < -0.3 is 9.30 Å². The molecule has 0 bridgehead atoms. The summed E-state index contributed by atoms with van der Waals surface area (Å²) in [4.78, 5) is 12.2. The van der Waals surface area contributed by atoms with Crippen molar-refractivity contribution in [2.75, 3.05) is 0 Å². The standard InChI is InChI=1S/C16H21NO2/c1-11-10-17(14-9-7-6-8-13(11)14)12(2)15(18)19-16(3,4)5/h6-10,12H,1-5H3. The fourth-order valence-corrected chi connectivity index (χ4v) is 2.20. The van der Waals surface area contributed by atoms with Crippen LogP contribution in [0, 0.1) is 6.92 Å². The number of aryl methyl sites for hydroxylation is 1. The second-order valence-corrected chi connectivity index (χ2v) is 5.95. The van der Waals surface area contributed by atoms with E-state index in [0.29, 0.717) is 0 Å². The maximum atomic E-state index is 12.2. The van der Waals surface area contributed by atoms with Crippen molar-refractivity contribution >= 4 is 16.9 Å². The Kier molecular flexibility index (Phi) is 3.40. The molecule has 1 unspecified atom stereocenters. The van der Waals surface area contributed by atoms with E-state index in [0.717, 1.165) is 5.52 Å². The molecule has 0 aliphatic rings. The van der Waals surface area contributed by atoms with Crippen LogP contribution in [0.5, 0.6) is 0 Å². The van der Waals surface area contributed by atoms with Gasteiger partial charge in [0.2, 0.25) is 0 Å². The molecule has 3 heteroatoms. The smallest absolute Gasteiger partial charge is 0.329 e. The lowest BCUT2D eigenvalue weighted by molar-refractivity contribution is -0.158. The largest absolute Gasteiger partial charge is 0.458 e. The number of carbonyl (C=O) groups is 1. The number of carbonyl (C=O) groups excluding carboxylic acids is 1. The Labute approximate surface area is 114 Å². The molecule has 0 aliphatic carbocycles. The zero-order chi connectivity index (χ0) is 14.2. The molecule has 0 radical (unpaired) electrons. The van der Waals surface area contributed by atoms with Gasteiger partial charge in [0, 0.05) is 17.1 Å². The van der Waals surface area contributed by atoms with Crippen molar-refractivity contribution in [3.05, 3.63) is 36.0 Å². The van der Waals surface area contributed by atoms with Crippen molar-refractivity contribution < 1.29 is 9.53 Å². The van der Waals surface area contributed by atoms with E-state index < -0.39 is 5.60 Å². The Hall–Kier alpha value is -1.77. The van der Waals surface area contributed by atoms with Crippen LogP contribution in [0.4, 0.5) is 0 Å². The van der Waals surface area contributed by atoms with Gasteiger partial charge in [0.15, 0.2) is 0 Å². The van der Waals surface area contributed by atoms with Crippen molar-refractivity contribution in [2.24, 2.45) is 0 Å². The first-order valence-corrected chi connectivity index (χ1v) is 6.58. The van der Waals surface area contributed by atoms with Gasteiger partial charge >= 0.3 is 5.97 Å². The van der Waals surface area contributed by atoms with E-state index in [9.17, 15) is 4.79 Å². The van der Waals surface area contributed by atoms with Gasteiger partial charge in [-0.05, 0) is 46.2 Å². The fraction of sp³-hybridized carbons (Fsp3) is 0.438. The lowest BCUT2D eigenvalue weighted by Crippen LogP contribution is -2.28. The van der Waals surface area contributed by atoms with Gasteiger partial charge in [0.1, 0.15) is 11.6 Å². The Bertz CT molecular complexity index is 605. The first-order valence-electron chi connectivity index (χ1n) is 6.58. The highest BCUT2D eigenvalue weighted by Gasteiger charge is 2.24. The lowest BCUT2D eigenvalue weighted by Gasteiger charge is -2.23. The molecule has 2 rings (SSSR count). The number of benzene rings is 1. The highest BCUT2D eigenvalue weighted by Crippen LogP contribution is 2.25. The predicted octanol–water partition coefficient (Wildman–Crippen LogP) is 3.85. The van der Waals surface area contributed by atoms with E-state index in [1.54, 1.807) is 0 Å². The molecule has 0 amide bonds. The summed E-state index contributed by atoms with van der Waals surface area (Å²) in [6, 6.07) is 7.78. The number of hydrogen-bond acceptors (Lipinski definition) is 2. The van der Waals surface area contributed by atoms with Crippen molar-refractivity contribution in [3.63, 3.8) is 0 Å². The first kappa shape index (κ1) is 13.7. The number of aromatic nitrogens is 1. The lowest BCUT2D eigenvalue weighted by atomic mass is 10.2. The summed E-state index contributed by atoms with van der Waals surface area (Å²) in [5, 5.41) is 1.18. The zero-order valence-corrected chi connectivity index (χ0v) is 12.2. The third-order valence-corrected chi connectivity index (χ3v) is 3.10. The average molecular weight is 259 g/mol. The van der Waals surface area contributed by atoms with Gasteiger partial charge in [-0.15, -0.1) is 0 Å². The number of esters is 1. The van der Waals surface area contributed by atoms with E-state index in [-0.39, 0.29) is 12.0 Å². The van der Waals surface area contributed by atoms with Crippen LogP contribution in [0.3, 0.4) is 0 Å². The third-order valence-electron chi connectivity index (χ3n) is 3.10. The quantitative estimate of drug-likeness (QED) is 0.767. The molecule has 0 N–H and O–H groups in total. The molecular formula is C16H21NO2. The van der Waals surface area contributed by atoms with E-state index in [2.05, 4.69) is 13.0 Å². The molecule has 0 saturated heterocycles. The molecule has 1 aromatic carbocycles. The van der Waals surface area contributed by atoms with Crippen LogP contribution in [0.1, 0.15) is 39.3 Å². The molecule has 0 fully saturated rings. The minimum absolute atomic E-state index is 0.201. The van der Waals surface area contributed by atoms with Crippen LogP contribution >= 0.6 is 0 Å². The maximum absolute atomic E-state index is 12.2. The summed E-state index contributed by atoms with van der Waals surface area (Å²) >= 11 is 0. The first-order chi connectivity index (χ1) is 8.79. The molecule has 1 heterocycles. The van der Waals surface area contributed by atoms with Crippen LogP contribution in [0.25, 0.3) is 10.9 Å². The number of ether oxygens (including phenoxy) is 1. The molecule has 3 nitrogen and oxygen atoms in total. The molecule has 0 spiro atoms. The highest BCUT2D eigenvalue weighted by molar-refractivity contribution is 5.86. The van der Waals surface area contributed by atoms with Crippen LogP contribution in [0.2, 0.25) is 0 Å². The third kappa shape index (κ3) is 2.80. The molecule has 0 aliphatic heterocycles. The molecule has 1 aromatic heterocycles. The Balaban J connectivity index is 2.37. The second-order valence-electron chi connectivity index (χ2n) is 5.95. The average Bonchev–Trinajstić information content (AvgIpc) is 2.64. The number of para-hydroxylation sites is 1. The van der Waals surface area contributed by atoms with E-state index in [1.807, 2.05) is 56.7 Å². The predicted molar refractivity (Wildman–Crippen MR) is 77.2 cm³/mol. The molecule has 102 valence electrons. The summed E-state index contributed by atoms with van der Waals surface area (Å²) < 4.78 is 7.44. The molecular weight excluding hydrogens is 238 g/mol. The van der Waals surface area contributed by atoms with Gasteiger partial charge in [-0.1, -0.05) is 18.2 Å². The summed E-state index contributed by atoms with van der Waals surface area (Å²) in [5.74, 6) is -0.201. The zero-order valence-electron chi connectivity index (χ0n) is 12.2. The van der Waals surface area contributed by atoms with Gasteiger partial charge in [0.25, 0.3) is 0 Å². The van der Waals surface area contributed by atoms with Crippen LogP contribution in [-0.2, 0) is 9.53 Å². The van der Waals surface area contributed by atoms with Gasteiger partial charge in [-0.25, -0.2) is 4.79 Å². The number of rotatable bonds is 2. The Morgan fingerprint density at radius 3 is 2.53 bits per heavy atom. The van der Waals surface area contributed by atoms with E-state index in [1.165, 1.54) is 10.9 Å². The number of nitrogens with zero attached hydrogens (tertiary/aromatic N) is 1. The van der Waals surface area contributed by atoms with Crippen molar-refractivity contribution in [3.8, 4) is 0 Å². The topological polar surface area (TPSA) is 31.2 Å². The van der Waals surface area contributed by atoms with Crippen molar-refractivity contribution in [2.45, 2.75) is 46.3 Å². The molecule has 0 saturated carbocycles.